The van der Waals surface area contributed by atoms with Crippen LogP contribution in [-0.4, -0.2) is 43.7 Å². The maximum atomic E-state index is 11.9. The van der Waals surface area contributed by atoms with Crippen molar-refractivity contribution < 1.29 is 38.0 Å². The van der Waals surface area contributed by atoms with Crippen LogP contribution in [0.2, 0.25) is 0 Å². The van der Waals surface area contributed by atoms with Gasteiger partial charge in [0.2, 0.25) is 0 Å². The van der Waals surface area contributed by atoms with Crippen molar-refractivity contribution >= 4 is 5.97 Å². The third kappa shape index (κ3) is 6.65. The topological polar surface area (TPSA) is 26.3 Å². The number of carbonyl (C=O) groups excluding carboxylic acids is 1. The van der Waals surface area contributed by atoms with Gasteiger partial charge in [-0.25, -0.2) is 4.79 Å². The molecular weight excluding hydrogens is 389 g/mol. The fourth-order valence-electron chi connectivity index (χ4n) is 3.01. The zero-order valence-corrected chi connectivity index (χ0v) is 16.0. The maximum absolute atomic E-state index is 11.9. The monoisotopic (exact) mass is 417 g/mol. The molecule has 1 aliphatic rings. The predicted octanol–water partition coefficient (Wildman–Crippen LogP) is 0.105. The number of benzene rings is 1. The normalized spacial score (nSPS) is 16.6. The SMILES string of the molecule is Cc1ccc(CCCOC(=O)C[N+]2(C)CCCCC2)cc1.[I-]. The van der Waals surface area contributed by atoms with Gasteiger partial charge in [-0.3, -0.25) is 0 Å². The second-order valence-corrected chi connectivity index (χ2v) is 6.60. The van der Waals surface area contributed by atoms with Gasteiger partial charge in [0.25, 0.3) is 0 Å². The minimum Gasteiger partial charge on any atom is -1.00 e. The minimum atomic E-state index is -0.0386. The summed E-state index contributed by atoms with van der Waals surface area (Å²) in [6.45, 7) is 5.38. The molecule has 22 heavy (non-hydrogen) atoms. The second kappa shape index (κ2) is 9.50. The number of likely N-dealkylation sites (N-methyl/N-ethyl adjacent to an activating group) is 1. The molecular formula is C18H28INO2. The van der Waals surface area contributed by atoms with Crippen LogP contribution in [0.25, 0.3) is 0 Å². The molecule has 0 N–H and O–H groups in total. The molecule has 0 amide bonds. The third-order valence-electron chi connectivity index (χ3n) is 4.40. The van der Waals surface area contributed by atoms with E-state index in [2.05, 4.69) is 38.2 Å². The number of piperidine rings is 1. The first-order valence-electron chi connectivity index (χ1n) is 8.12. The summed E-state index contributed by atoms with van der Waals surface area (Å²) in [5.74, 6) is -0.0386. The summed E-state index contributed by atoms with van der Waals surface area (Å²) in [6.07, 6.45) is 5.64. The smallest absolute Gasteiger partial charge is 0.361 e. The Kier molecular flexibility index (Phi) is 8.39. The van der Waals surface area contributed by atoms with E-state index in [0.717, 1.165) is 30.4 Å². The first-order valence-corrected chi connectivity index (χ1v) is 8.12. The second-order valence-electron chi connectivity index (χ2n) is 6.60. The van der Waals surface area contributed by atoms with Crippen molar-refractivity contribution in [1.82, 2.24) is 0 Å². The van der Waals surface area contributed by atoms with Crippen LogP contribution >= 0.6 is 0 Å². The van der Waals surface area contributed by atoms with Crippen molar-refractivity contribution in [3.63, 3.8) is 0 Å². The van der Waals surface area contributed by atoms with Gasteiger partial charge in [-0.1, -0.05) is 29.8 Å². The summed E-state index contributed by atoms with van der Waals surface area (Å²) in [5.41, 5.74) is 2.59. The van der Waals surface area contributed by atoms with Crippen LogP contribution in [0.15, 0.2) is 24.3 Å². The van der Waals surface area contributed by atoms with Crippen LogP contribution in [0.3, 0.4) is 0 Å². The number of carbonyl (C=O) groups is 1. The number of nitrogens with zero attached hydrogens (tertiary/aromatic N) is 1. The summed E-state index contributed by atoms with van der Waals surface area (Å²) in [4.78, 5) is 11.9. The number of quaternary nitrogens is 1. The Bertz CT molecular complexity index is 453. The van der Waals surface area contributed by atoms with E-state index < -0.39 is 0 Å². The molecule has 0 unspecified atom stereocenters. The lowest BCUT2D eigenvalue weighted by Crippen LogP contribution is -3.00. The van der Waals surface area contributed by atoms with Crippen molar-refractivity contribution in [3.8, 4) is 0 Å². The first-order chi connectivity index (χ1) is 10.1. The molecule has 1 heterocycles. The van der Waals surface area contributed by atoms with Crippen molar-refractivity contribution in [2.75, 3.05) is 33.3 Å². The zero-order valence-electron chi connectivity index (χ0n) is 13.8. The van der Waals surface area contributed by atoms with E-state index in [1.807, 2.05) is 0 Å². The van der Waals surface area contributed by atoms with Gasteiger partial charge in [0, 0.05) is 0 Å². The molecule has 0 radical (unpaired) electrons. The van der Waals surface area contributed by atoms with Crippen molar-refractivity contribution in [2.24, 2.45) is 0 Å². The van der Waals surface area contributed by atoms with E-state index in [0.29, 0.717) is 13.2 Å². The molecule has 1 saturated heterocycles. The molecule has 3 nitrogen and oxygen atoms in total. The van der Waals surface area contributed by atoms with E-state index in [1.165, 1.54) is 30.4 Å². The van der Waals surface area contributed by atoms with Crippen LogP contribution in [0.1, 0.15) is 36.8 Å². The Labute approximate surface area is 151 Å². The highest BCUT2D eigenvalue weighted by Gasteiger charge is 2.28. The number of halogens is 1. The third-order valence-corrected chi connectivity index (χ3v) is 4.40. The maximum Gasteiger partial charge on any atom is 0.361 e. The number of aryl methyl sites for hydroxylation is 2. The van der Waals surface area contributed by atoms with Gasteiger partial charge < -0.3 is 33.2 Å². The molecule has 0 saturated carbocycles. The molecule has 1 fully saturated rings. The van der Waals surface area contributed by atoms with Crippen molar-refractivity contribution in [2.45, 2.75) is 39.0 Å². The van der Waals surface area contributed by atoms with Gasteiger partial charge >= 0.3 is 5.97 Å². The molecule has 1 aromatic rings. The Morgan fingerprint density at radius 3 is 2.41 bits per heavy atom. The lowest BCUT2D eigenvalue weighted by Gasteiger charge is -2.36. The van der Waals surface area contributed by atoms with Gasteiger partial charge in [-0.2, -0.15) is 0 Å². The highest BCUT2D eigenvalue weighted by atomic mass is 127. The van der Waals surface area contributed by atoms with E-state index >= 15 is 0 Å². The van der Waals surface area contributed by atoms with E-state index in [1.54, 1.807) is 0 Å². The molecule has 0 aliphatic carbocycles. The van der Waals surface area contributed by atoms with Crippen molar-refractivity contribution in [1.29, 1.82) is 0 Å². The van der Waals surface area contributed by atoms with Gasteiger partial charge in [0.1, 0.15) is 0 Å². The van der Waals surface area contributed by atoms with Crippen LogP contribution < -0.4 is 24.0 Å². The van der Waals surface area contributed by atoms with Crippen LogP contribution in [0, 0.1) is 6.92 Å². The van der Waals surface area contributed by atoms with E-state index in [9.17, 15) is 4.79 Å². The summed E-state index contributed by atoms with van der Waals surface area (Å²) in [6, 6.07) is 8.56. The number of ether oxygens (including phenoxy) is 1. The van der Waals surface area contributed by atoms with Crippen molar-refractivity contribution in [3.05, 3.63) is 35.4 Å². The number of hydrogen-bond donors (Lipinski definition) is 0. The van der Waals surface area contributed by atoms with E-state index in [4.69, 9.17) is 4.74 Å². The Hall–Kier alpha value is -0.620. The lowest BCUT2D eigenvalue weighted by atomic mass is 10.1. The average molecular weight is 417 g/mol. The van der Waals surface area contributed by atoms with Gasteiger partial charge in [0.15, 0.2) is 6.54 Å². The fraction of sp³-hybridized carbons (Fsp3) is 0.611. The van der Waals surface area contributed by atoms with Crippen LogP contribution in [0.5, 0.6) is 0 Å². The summed E-state index contributed by atoms with van der Waals surface area (Å²) in [7, 11) is 2.17. The quantitative estimate of drug-likeness (QED) is 0.284. The molecule has 1 aliphatic heterocycles. The highest BCUT2D eigenvalue weighted by Crippen LogP contribution is 2.16. The number of hydrogen-bond acceptors (Lipinski definition) is 2. The van der Waals surface area contributed by atoms with Gasteiger partial charge in [-0.15, -0.1) is 0 Å². The first kappa shape index (κ1) is 19.4. The zero-order chi connectivity index (χ0) is 15.1. The highest BCUT2D eigenvalue weighted by molar-refractivity contribution is 5.70. The predicted molar refractivity (Wildman–Crippen MR) is 85.1 cm³/mol. The van der Waals surface area contributed by atoms with Crippen LogP contribution in [0.4, 0.5) is 0 Å². The summed E-state index contributed by atoms with van der Waals surface area (Å²) < 4.78 is 6.26. The fourth-order valence-corrected chi connectivity index (χ4v) is 3.01. The Morgan fingerprint density at radius 1 is 1.14 bits per heavy atom. The molecule has 2 rings (SSSR count). The summed E-state index contributed by atoms with van der Waals surface area (Å²) in [5, 5.41) is 0. The van der Waals surface area contributed by atoms with Gasteiger partial charge in [-0.05, 0) is 44.6 Å². The van der Waals surface area contributed by atoms with Crippen LogP contribution in [-0.2, 0) is 16.0 Å². The molecule has 1 aromatic carbocycles. The lowest BCUT2D eigenvalue weighted by molar-refractivity contribution is -0.907. The largest absolute Gasteiger partial charge is 1.00 e. The number of esters is 1. The summed E-state index contributed by atoms with van der Waals surface area (Å²) >= 11 is 0. The molecule has 0 aromatic heterocycles. The minimum absolute atomic E-state index is 0. The average Bonchev–Trinajstić information content (AvgIpc) is 2.46. The Balaban J connectivity index is 0.00000242. The molecule has 0 spiro atoms. The van der Waals surface area contributed by atoms with E-state index in [-0.39, 0.29) is 29.9 Å². The standard InChI is InChI=1S/C18H28NO2.HI/c1-16-8-10-17(11-9-16)7-6-14-21-18(20)15-19(2)12-4-3-5-13-19;/h8-11H,3-7,12-15H2,1-2H3;1H/q+1;/p-1. The Morgan fingerprint density at radius 2 is 1.77 bits per heavy atom. The molecule has 124 valence electrons. The number of likely N-dealkylation sites (tertiary alicyclic amines) is 1. The molecule has 4 heteroatoms. The number of rotatable bonds is 6. The van der Waals surface area contributed by atoms with Gasteiger partial charge in [0.05, 0.1) is 26.7 Å². The molecule has 0 atom stereocenters. The molecule has 0 bridgehead atoms.